The molecule has 1 N–H and O–H groups in total. The van der Waals surface area contributed by atoms with Gasteiger partial charge in [-0.05, 0) is 26.1 Å². The Morgan fingerprint density at radius 3 is 2.78 bits per heavy atom. The zero-order valence-electron chi connectivity index (χ0n) is 10.4. The molecular weight excluding hydrogens is 253 g/mol. The van der Waals surface area contributed by atoms with Crippen LogP contribution in [0, 0.1) is 5.82 Å². The second-order valence-electron chi connectivity index (χ2n) is 3.80. The van der Waals surface area contributed by atoms with Crippen LogP contribution in [-0.2, 0) is 0 Å². The molecule has 2 rings (SSSR count). The monoisotopic (exact) mass is 267 g/mol. The van der Waals surface area contributed by atoms with E-state index in [2.05, 4.69) is 15.5 Å². The molecule has 1 atom stereocenters. The van der Waals surface area contributed by atoms with E-state index in [1.54, 1.807) is 12.1 Å². The minimum absolute atomic E-state index is 0.109. The van der Waals surface area contributed by atoms with Crippen LogP contribution in [0.1, 0.15) is 18.0 Å². The number of nitrogens with one attached hydrogen (secondary N) is 1. The zero-order valence-corrected chi connectivity index (χ0v) is 11.2. The number of halogens is 1. The largest absolute Gasteiger partial charge is 0.497 e. The molecular formula is C12H14FN3OS. The lowest BCUT2D eigenvalue weighted by molar-refractivity contribution is 0.411. The van der Waals surface area contributed by atoms with Crippen LogP contribution < -0.4 is 10.1 Å². The van der Waals surface area contributed by atoms with Gasteiger partial charge in [0.2, 0.25) is 0 Å². The highest BCUT2D eigenvalue weighted by Crippen LogP contribution is 2.30. The number of benzene rings is 1. The molecule has 1 aromatic carbocycles. The Bertz CT molecular complexity index is 544. The summed E-state index contributed by atoms with van der Waals surface area (Å²) < 4.78 is 18.8. The highest BCUT2D eigenvalue weighted by molar-refractivity contribution is 7.14. The molecule has 2 aromatic rings. The van der Waals surface area contributed by atoms with Crippen molar-refractivity contribution in [1.82, 2.24) is 15.5 Å². The molecule has 0 bridgehead atoms. The van der Waals surface area contributed by atoms with Gasteiger partial charge in [0.15, 0.2) is 5.01 Å². The Kier molecular flexibility index (Phi) is 3.88. The smallest absolute Gasteiger partial charge is 0.150 e. The molecule has 6 heteroatoms. The first kappa shape index (κ1) is 12.9. The van der Waals surface area contributed by atoms with Gasteiger partial charge in [0.25, 0.3) is 0 Å². The van der Waals surface area contributed by atoms with Gasteiger partial charge in [-0.3, -0.25) is 0 Å². The van der Waals surface area contributed by atoms with Crippen LogP contribution in [0.2, 0.25) is 0 Å². The van der Waals surface area contributed by atoms with E-state index in [0.717, 1.165) is 5.01 Å². The van der Waals surface area contributed by atoms with Gasteiger partial charge in [0, 0.05) is 11.6 Å². The van der Waals surface area contributed by atoms with Crippen molar-refractivity contribution in [3.63, 3.8) is 0 Å². The van der Waals surface area contributed by atoms with E-state index in [9.17, 15) is 4.39 Å². The first-order valence-corrected chi connectivity index (χ1v) is 6.32. The van der Waals surface area contributed by atoms with E-state index in [-0.39, 0.29) is 11.9 Å². The third-order valence-corrected chi connectivity index (χ3v) is 3.79. The van der Waals surface area contributed by atoms with Gasteiger partial charge in [0.05, 0.1) is 13.2 Å². The van der Waals surface area contributed by atoms with Gasteiger partial charge in [-0.2, -0.15) is 0 Å². The maximum atomic E-state index is 13.9. The summed E-state index contributed by atoms with van der Waals surface area (Å²) in [6.07, 6.45) is 0. The lowest BCUT2D eigenvalue weighted by Gasteiger charge is -2.03. The molecule has 0 saturated heterocycles. The summed E-state index contributed by atoms with van der Waals surface area (Å²) in [6.45, 7) is 1.98. The van der Waals surface area contributed by atoms with Crippen molar-refractivity contribution >= 4 is 11.3 Å². The Hall–Kier alpha value is -1.53. The molecule has 0 aliphatic carbocycles. The molecule has 0 fully saturated rings. The van der Waals surface area contributed by atoms with Gasteiger partial charge >= 0.3 is 0 Å². The average Bonchev–Trinajstić information content (AvgIpc) is 2.87. The van der Waals surface area contributed by atoms with Gasteiger partial charge < -0.3 is 10.1 Å². The van der Waals surface area contributed by atoms with Crippen molar-refractivity contribution in [2.24, 2.45) is 0 Å². The van der Waals surface area contributed by atoms with Crippen molar-refractivity contribution in [2.45, 2.75) is 13.0 Å². The molecule has 1 unspecified atom stereocenters. The molecule has 1 aromatic heterocycles. The van der Waals surface area contributed by atoms with Crippen LogP contribution in [-0.4, -0.2) is 24.4 Å². The third-order valence-electron chi connectivity index (χ3n) is 2.65. The van der Waals surface area contributed by atoms with Crippen LogP contribution in [0.25, 0.3) is 10.6 Å². The topological polar surface area (TPSA) is 47.0 Å². The quantitative estimate of drug-likeness (QED) is 0.925. The first-order valence-electron chi connectivity index (χ1n) is 5.50. The molecule has 0 aliphatic heterocycles. The SMILES string of the molecule is CNC(C)c1nnc(-c2ccc(OC)cc2F)s1. The average molecular weight is 267 g/mol. The Morgan fingerprint density at radius 1 is 1.39 bits per heavy atom. The number of rotatable bonds is 4. The molecule has 0 spiro atoms. The second kappa shape index (κ2) is 5.41. The Balaban J connectivity index is 2.34. The maximum absolute atomic E-state index is 13.9. The number of nitrogens with zero attached hydrogens (tertiary/aromatic N) is 2. The van der Waals surface area contributed by atoms with E-state index < -0.39 is 0 Å². The third kappa shape index (κ3) is 2.49. The minimum atomic E-state index is -0.353. The summed E-state index contributed by atoms with van der Waals surface area (Å²) in [5, 5.41) is 12.6. The Labute approximate surface area is 109 Å². The molecule has 0 aliphatic rings. The summed E-state index contributed by atoms with van der Waals surface area (Å²) in [6, 6.07) is 4.82. The summed E-state index contributed by atoms with van der Waals surface area (Å²) >= 11 is 1.38. The van der Waals surface area contributed by atoms with Crippen molar-refractivity contribution in [1.29, 1.82) is 0 Å². The number of hydrogen-bond donors (Lipinski definition) is 1. The predicted molar refractivity (Wildman–Crippen MR) is 69.3 cm³/mol. The summed E-state index contributed by atoms with van der Waals surface area (Å²) in [5.74, 6) is 0.138. The van der Waals surface area contributed by atoms with E-state index >= 15 is 0 Å². The lowest BCUT2D eigenvalue weighted by Crippen LogP contribution is -2.11. The predicted octanol–water partition coefficient (Wildman–Crippen LogP) is 2.63. The van der Waals surface area contributed by atoms with Crippen LogP contribution in [0.5, 0.6) is 5.75 Å². The zero-order chi connectivity index (χ0) is 13.1. The fourth-order valence-corrected chi connectivity index (χ4v) is 2.37. The highest BCUT2D eigenvalue weighted by Gasteiger charge is 2.14. The number of ether oxygens (including phenoxy) is 1. The molecule has 4 nitrogen and oxygen atoms in total. The fraction of sp³-hybridized carbons (Fsp3) is 0.333. The second-order valence-corrected chi connectivity index (χ2v) is 4.81. The molecule has 0 amide bonds. The minimum Gasteiger partial charge on any atom is -0.497 e. The van der Waals surface area contributed by atoms with Crippen molar-refractivity contribution in [3.8, 4) is 16.3 Å². The first-order chi connectivity index (χ1) is 8.65. The van der Waals surface area contributed by atoms with E-state index in [4.69, 9.17) is 4.74 Å². The maximum Gasteiger partial charge on any atom is 0.150 e. The van der Waals surface area contributed by atoms with Crippen LogP contribution >= 0.6 is 11.3 Å². The van der Waals surface area contributed by atoms with Gasteiger partial charge in [-0.1, -0.05) is 11.3 Å². The summed E-state index contributed by atoms with van der Waals surface area (Å²) in [4.78, 5) is 0. The van der Waals surface area contributed by atoms with Crippen LogP contribution in [0.4, 0.5) is 4.39 Å². The van der Waals surface area contributed by atoms with Gasteiger partial charge in [-0.15, -0.1) is 10.2 Å². The summed E-state index contributed by atoms with van der Waals surface area (Å²) in [7, 11) is 3.35. The normalized spacial score (nSPS) is 12.4. The molecule has 96 valence electrons. The van der Waals surface area contributed by atoms with Gasteiger partial charge in [0.1, 0.15) is 16.6 Å². The van der Waals surface area contributed by atoms with Crippen LogP contribution in [0.3, 0.4) is 0 Å². The van der Waals surface area contributed by atoms with Crippen molar-refractivity contribution in [3.05, 3.63) is 29.0 Å². The molecule has 1 heterocycles. The Morgan fingerprint density at radius 2 is 2.17 bits per heavy atom. The van der Waals surface area contributed by atoms with Crippen LogP contribution in [0.15, 0.2) is 18.2 Å². The van der Waals surface area contributed by atoms with E-state index in [1.807, 2.05) is 14.0 Å². The lowest BCUT2D eigenvalue weighted by atomic mass is 10.2. The number of hydrogen-bond acceptors (Lipinski definition) is 5. The highest BCUT2D eigenvalue weighted by atomic mass is 32.1. The summed E-state index contributed by atoms with van der Waals surface area (Å²) in [5.41, 5.74) is 0.447. The molecule has 0 radical (unpaired) electrons. The van der Waals surface area contributed by atoms with E-state index in [1.165, 1.54) is 24.5 Å². The standard InChI is InChI=1S/C12H14FN3OS/c1-7(14-2)11-15-16-12(18-11)9-5-4-8(17-3)6-10(9)13/h4-7,14H,1-3H3. The van der Waals surface area contributed by atoms with Crippen molar-refractivity contribution in [2.75, 3.05) is 14.2 Å². The molecule has 0 saturated carbocycles. The number of aromatic nitrogens is 2. The van der Waals surface area contributed by atoms with Gasteiger partial charge in [-0.25, -0.2) is 4.39 Å². The molecule has 18 heavy (non-hydrogen) atoms. The fourth-order valence-electron chi connectivity index (χ4n) is 1.44. The van der Waals surface area contributed by atoms with E-state index in [0.29, 0.717) is 16.3 Å². The van der Waals surface area contributed by atoms with Crippen molar-refractivity contribution < 1.29 is 9.13 Å². The number of methoxy groups -OCH3 is 1.